The van der Waals surface area contributed by atoms with Crippen LogP contribution < -0.4 is 61.0 Å². The van der Waals surface area contributed by atoms with Gasteiger partial charge in [-0.05, 0) is 25.5 Å². The van der Waals surface area contributed by atoms with E-state index in [1.807, 2.05) is 13.8 Å². The maximum absolute atomic E-state index is 11.5. The second kappa shape index (κ2) is 8.44. The van der Waals surface area contributed by atoms with Crippen molar-refractivity contribution in [3.05, 3.63) is 17.7 Å². The normalized spacial score (nSPS) is 12.2. The van der Waals surface area contributed by atoms with Gasteiger partial charge in [0, 0.05) is 13.1 Å². The van der Waals surface area contributed by atoms with Gasteiger partial charge in [0.2, 0.25) is 10.0 Å². The molecule has 1 atom stereocenters. The monoisotopic (exact) mass is 341 g/mol. The maximum atomic E-state index is 11.5. The number of carbonyl (C=O) groups is 1. The average molecular weight is 341 g/mol. The van der Waals surface area contributed by atoms with E-state index in [0.717, 1.165) is 17.0 Å². The predicted molar refractivity (Wildman–Crippen MR) is 78.9 cm³/mol. The zero-order valence-corrected chi connectivity index (χ0v) is 16.9. The van der Waals surface area contributed by atoms with Crippen molar-refractivity contribution in [1.82, 2.24) is 4.98 Å². The standard InChI is InChI=1S/C12H19N3O4S.K.H/c1-5-8(2)13-10-6-9(12(16)17)7-11(14-10)15(3)20(4,18)19;;/h6-8H,5H2,1-4H3,(H,13,14)(H,16,17);;/q;+1;-1/t8-;;/m0../s1. The van der Waals surface area contributed by atoms with Crippen molar-refractivity contribution in [3.63, 3.8) is 0 Å². The summed E-state index contributed by atoms with van der Waals surface area (Å²) < 4.78 is 24.0. The molecule has 0 aliphatic carbocycles. The topological polar surface area (TPSA) is 99.6 Å². The van der Waals surface area contributed by atoms with Crippen molar-refractivity contribution in [2.75, 3.05) is 22.9 Å². The second-order valence-corrected chi connectivity index (χ2v) is 6.60. The number of pyridine rings is 1. The van der Waals surface area contributed by atoms with Crippen molar-refractivity contribution in [2.24, 2.45) is 0 Å². The van der Waals surface area contributed by atoms with Crippen molar-refractivity contribution in [2.45, 2.75) is 26.3 Å². The maximum Gasteiger partial charge on any atom is 1.00 e. The van der Waals surface area contributed by atoms with E-state index in [0.29, 0.717) is 5.82 Å². The number of aromatic nitrogens is 1. The third-order valence-corrected chi connectivity index (χ3v) is 4.07. The number of nitrogens with zero attached hydrogens (tertiary/aromatic N) is 2. The number of carboxylic acid groups (broad SMARTS) is 1. The Morgan fingerprint density at radius 2 is 2.10 bits per heavy atom. The van der Waals surface area contributed by atoms with Gasteiger partial charge in [0.1, 0.15) is 11.6 Å². The Balaban J connectivity index is 0. The Morgan fingerprint density at radius 1 is 1.52 bits per heavy atom. The van der Waals surface area contributed by atoms with Gasteiger partial charge in [0.05, 0.1) is 11.8 Å². The van der Waals surface area contributed by atoms with E-state index < -0.39 is 16.0 Å². The molecule has 0 aliphatic heterocycles. The summed E-state index contributed by atoms with van der Waals surface area (Å²) in [5.74, 6) is -0.731. The first-order valence-corrected chi connectivity index (χ1v) is 7.95. The summed E-state index contributed by atoms with van der Waals surface area (Å²) in [5.41, 5.74) is -0.0173. The number of carboxylic acids is 1. The van der Waals surface area contributed by atoms with Gasteiger partial charge in [-0.3, -0.25) is 4.31 Å². The van der Waals surface area contributed by atoms with Crippen LogP contribution in [0.3, 0.4) is 0 Å². The molecule has 0 fully saturated rings. The van der Waals surface area contributed by atoms with E-state index >= 15 is 0 Å². The van der Waals surface area contributed by atoms with Crippen LogP contribution in [0.5, 0.6) is 0 Å². The number of aromatic carboxylic acids is 1. The summed E-state index contributed by atoms with van der Waals surface area (Å²) in [6.45, 7) is 3.90. The van der Waals surface area contributed by atoms with Crippen molar-refractivity contribution >= 4 is 27.6 Å². The smallest absolute Gasteiger partial charge is 1.00 e. The van der Waals surface area contributed by atoms with Gasteiger partial charge in [-0.1, -0.05) is 6.92 Å². The van der Waals surface area contributed by atoms with Gasteiger partial charge in [0.15, 0.2) is 0 Å². The summed E-state index contributed by atoms with van der Waals surface area (Å²) in [6.07, 6.45) is 1.86. The van der Waals surface area contributed by atoms with E-state index in [-0.39, 0.29) is 70.2 Å². The van der Waals surface area contributed by atoms with Gasteiger partial charge in [-0.25, -0.2) is 18.2 Å². The molecule has 0 aromatic carbocycles. The molecule has 0 unspecified atom stereocenters. The van der Waals surface area contributed by atoms with Crippen LogP contribution in [0.15, 0.2) is 12.1 Å². The average Bonchev–Trinajstić information content (AvgIpc) is 2.36. The molecule has 7 nitrogen and oxygen atoms in total. The summed E-state index contributed by atoms with van der Waals surface area (Å²) >= 11 is 0. The fourth-order valence-corrected chi connectivity index (χ4v) is 1.83. The molecular weight excluding hydrogens is 321 g/mol. The zero-order chi connectivity index (χ0) is 15.5. The van der Waals surface area contributed by atoms with Crippen molar-refractivity contribution in [3.8, 4) is 0 Å². The Bertz CT molecular complexity index is 612. The van der Waals surface area contributed by atoms with E-state index in [9.17, 15) is 13.2 Å². The van der Waals surface area contributed by atoms with Crippen LogP contribution >= 0.6 is 0 Å². The molecule has 0 spiro atoms. The van der Waals surface area contributed by atoms with Gasteiger partial charge in [-0.2, -0.15) is 0 Å². The van der Waals surface area contributed by atoms with Crippen LogP contribution in [0.1, 0.15) is 32.1 Å². The predicted octanol–water partition coefficient (Wildman–Crippen LogP) is -1.50. The molecule has 21 heavy (non-hydrogen) atoms. The van der Waals surface area contributed by atoms with E-state index in [1.165, 1.54) is 19.2 Å². The molecule has 2 N–H and O–H groups in total. The fourth-order valence-electron chi connectivity index (χ4n) is 1.40. The first-order chi connectivity index (χ1) is 9.15. The number of nitrogens with one attached hydrogen (secondary N) is 1. The van der Waals surface area contributed by atoms with Gasteiger partial charge in [-0.15, -0.1) is 0 Å². The third kappa shape index (κ3) is 6.21. The molecule has 1 aromatic heterocycles. The molecular formula is C12H20KN3O4S. The molecule has 0 aliphatic rings. The minimum atomic E-state index is -3.50. The molecule has 9 heteroatoms. The molecule has 0 amide bonds. The zero-order valence-electron chi connectivity index (χ0n) is 13.9. The Hall–Kier alpha value is -0.194. The first-order valence-electron chi connectivity index (χ1n) is 6.11. The number of hydrogen-bond donors (Lipinski definition) is 2. The number of anilines is 2. The summed E-state index contributed by atoms with van der Waals surface area (Å²) in [6, 6.07) is 2.71. The summed E-state index contributed by atoms with van der Waals surface area (Å²) in [7, 11) is -2.17. The molecule has 1 heterocycles. The first kappa shape index (κ1) is 20.8. The SMILES string of the molecule is CC[C@H](C)Nc1cc(C(=O)O)cc(N(C)S(C)(=O)=O)n1.[H-].[K+]. The van der Waals surface area contributed by atoms with Gasteiger partial charge >= 0.3 is 57.4 Å². The van der Waals surface area contributed by atoms with Crippen LogP contribution in [0.25, 0.3) is 0 Å². The largest absolute Gasteiger partial charge is 1.00 e. The number of rotatable bonds is 6. The Morgan fingerprint density at radius 3 is 2.52 bits per heavy atom. The minimum absolute atomic E-state index is 0. The van der Waals surface area contributed by atoms with Crippen molar-refractivity contribution < 1.29 is 71.1 Å². The van der Waals surface area contributed by atoms with Crippen LogP contribution in [0, 0.1) is 0 Å². The molecule has 0 radical (unpaired) electrons. The number of hydrogen-bond acceptors (Lipinski definition) is 5. The molecule has 1 aromatic rings. The summed E-state index contributed by atoms with van der Waals surface area (Å²) in [5, 5.41) is 12.1. The van der Waals surface area contributed by atoms with Crippen LogP contribution in [-0.4, -0.2) is 43.8 Å². The fraction of sp³-hybridized carbons (Fsp3) is 0.500. The summed E-state index contributed by atoms with van der Waals surface area (Å²) in [4.78, 5) is 15.3. The molecule has 0 bridgehead atoms. The van der Waals surface area contributed by atoms with Gasteiger partial charge < -0.3 is 11.8 Å². The van der Waals surface area contributed by atoms with Crippen molar-refractivity contribution in [1.29, 1.82) is 0 Å². The van der Waals surface area contributed by atoms with E-state index in [4.69, 9.17) is 5.11 Å². The minimum Gasteiger partial charge on any atom is -1.00 e. The van der Waals surface area contributed by atoms with Crippen LogP contribution in [-0.2, 0) is 10.0 Å². The van der Waals surface area contributed by atoms with E-state index in [2.05, 4.69) is 10.3 Å². The second-order valence-electron chi connectivity index (χ2n) is 4.59. The number of sulfonamides is 1. The Kier molecular flexibility index (Phi) is 8.36. The van der Waals surface area contributed by atoms with Crippen LogP contribution in [0.4, 0.5) is 11.6 Å². The van der Waals surface area contributed by atoms with Crippen LogP contribution in [0.2, 0.25) is 0 Å². The van der Waals surface area contributed by atoms with E-state index in [1.54, 1.807) is 0 Å². The Labute approximate surface area is 169 Å². The quantitative estimate of drug-likeness (QED) is 0.611. The third-order valence-electron chi connectivity index (χ3n) is 2.89. The molecule has 114 valence electrons. The molecule has 1 rings (SSSR count). The molecule has 0 saturated heterocycles. The van der Waals surface area contributed by atoms with Gasteiger partial charge in [0.25, 0.3) is 0 Å². The molecule has 0 saturated carbocycles.